The van der Waals surface area contributed by atoms with Gasteiger partial charge in [-0.05, 0) is 13.0 Å². The van der Waals surface area contributed by atoms with E-state index in [4.69, 9.17) is 9.84 Å². The lowest BCUT2D eigenvalue weighted by atomic mass is 10.1. The number of ether oxygens (including phenoxy) is 1. The molecule has 0 saturated carbocycles. The molecule has 0 spiro atoms. The summed E-state index contributed by atoms with van der Waals surface area (Å²) in [4.78, 5) is 0. The lowest BCUT2D eigenvalue weighted by Crippen LogP contribution is -2.07. The van der Waals surface area contributed by atoms with Gasteiger partial charge in [0.25, 0.3) is 0 Å². The van der Waals surface area contributed by atoms with Gasteiger partial charge < -0.3 is 9.84 Å². The Morgan fingerprint density at radius 3 is 2.57 bits per heavy atom. The van der Waals surface area contributed by atoms with Gasteiger partial charge in [-0.2, -0.15) is 0 Å². The second-order valence-electron chi connectivity index (χ2n) is 3.13. The summed E-state index contributed by atoms with van der Waals surface area (Å²) in [6.07, 6.45) is -0.497. The third-order valence-electron chi connectivity index (χ3n) is 1.80. The van der Waals surface area contributed by atoms with Crippen LogP contribution < -0.4 is 4.74 Å². The molecule has 1 atom stereocenters. The van der Waals surface area contributed by atoms with Crippen LogP contribution in [0.15, 0.2) is 12.1 Å². The molecule has 1 aromatic rings. The Balaban J connectivity index is 3.11. The van der Waals surface area contributed by atoms with Crippen LogP contribution in [-0.2, 0) is 6.42 Å². The zero-order valence-electron chi connectivity index (χ0n) is 8.05. The molecule has 0 radical (unpaired) electrons. The average molecular weight is 202 g/mol. The minimum atomic E-state index is -0.747. The van der Waals surface area contributed by atoms with Crippen LogP contribution in [0.4, 0.5) is 8.78 Å². The smallest absolute Gasteiger partial charge is 0.168 e. The van der Waals surface area contributed by atoms with Crippen molar-refractivity contribution in [3.8, 4) is 5.75 Å². The molecule has 2 nitrogen and oxygen atoms in total. The number of methoxy groups -OCH3 is 1. The van der Waals surface area contributed by atoms with Crippen LogP contribution in [0.5, 0.6) is 5.75 Å². The van der Waals surface area contributed by atoms with Crippen LogP contribution >= 0.6 is 0 Å². The maximum Gasteiger partial charge on any atom is 0.168 e. The number of hydrogen-bond donors (Lipinski definition) is 1. The highest BCUT2D eigenvalue weighted by Crippen LogP contribution is 2.25. The van der Waals surface area contributed by atoms with E-state index in [1.807, 2.05) is 0 Å². The lowest BCUT2D eigenvalue weighted by Gasteiger charge is -2.10. The molecule has 0 unspecified atom stereocenters. The third-order valence-corrected chi connectivity index (χ3v) is 1.80. The minimum absolute atomic E-state index is 0.00713. The van der Waals surface area contributed by atoms with Gasteiger partial charge in [0.05, 0.1) is 13.2 Å². The molecule has 0 amide bonds. The summed E-state index contributed by atoms with van der Waals surface area (Å²) in [5.41, 5.74) is 0.333. The molecule has 1 aromatic carbocycles. The molecule has 0 aliphatic heterocycles. The molecule has 0 heterocycles. The first kappa shape index (κ1) is 10.9. The fraction of sp³-hybridized carbons (Fsp3) is 0.400. The molecule has 0 aliphatic rings. The molecule has 0 bridgehead atoms. The number of aliphatic hydroxyl groups is 1. The Labute approximate surface area is 81.1 Å². The number of aliphatic hydroxyl groups excluding tert-OH is 1. The van der Waals surface area contributed by atoms with Crippen LogP contribution in [0.3, 0.4) is 0 Å². The monoisotopic (exact) mass is 202 g/mol. The molecule has 1 rings (SSSR count). The summed E-state index contributed by atoms with van der Waals surface area (Å²) in [5.74, 6) is -1.42. The van der Waals surface area contributed by atoms with Crippen molar-refractivity contribution >= 4 is 0 Å². The van der Waals surface area contributed by atoms with Crippen molar-refractivity contribution in [2.45, 2.75) is 19.4 Å². The maximum absolute atomic E-state index is 13.1. The van der Waals surface area contributed by atoms with Crippen LogP contribution in [0.2, 0.25) is 0 Å². The van der Waals surface area contributed by atoms with E-state index in [1.54, 1.807) is 6.92 Å². The van der Waals surface area contributed by atoms with E-state index in [-0.39, 0.29) is 12.2 Å². The van der Waals surface area contributed by atoms with Gasteiger partial charge in [-0.3, -0.25) is 0 Å². The fourth-order valence-electron chi connectivity index (χ4n) is 1.31. The predicted molar refractivity (Wildman–Crippen MR) is 48.3 cm³/mol. The van der Waals surface area contributed by atoms with E-state index in [9.17, 15) is 8.78 Å². The van der Waals surface area contributed by atoms with Crippen molar-refractivity contribution in [1.29, 1.82) is 0 Å². The van der Waals surface area contributed by atoms with Gasteiger partial charge in [-0.1, -0.05) is 0 Å². The summed E-state index contributed by atoms with van der Waals surface area (Å²) in [5, 5.41) is 9.11. The predicted octanol–water partition coefficient (Wildman–Crippen LogP) is 1.90. The zero-order chi connectivity index (χ0) is 10.7. The third kappa shape index (κ3) is 2.42. The fourth-order valence-corrected chi connectivity index (χ4v) is 1.31. The minimum Gasteiger partial charge on any atom is -0.493 e. The summed E-state index contributed by atoms with van der Waals surface area (Å²) in [6, 6.07) is 1.92. The molecule has 4 heteroatoms. The highest BCUT2D eigenvalue weighted by molar-refractivity contribution is 5.36. The SMILES string of the molecule is COc1c(F)cc(F)cc1C[C@H](C)O. The Morgan fingerprint density at radius 2 is 2.07 bits per heavy atom. The summed E-state index contributed by atoms with van der Waals surface area (Å²) < 4.78 is 30.7. The highest BCUT2D eigenvalue weighted by atomic mass is 19.1. The van der Waals surface area contributed by atoms with Crippen molar-refractivity contribution in [2.24, 2.45) is 0 Å². The lowest BCUT2D eigenvalue weighted by molar-refractivity contribution is 0.193. The van der Waals surface area contributed by atoms with Gasteiger partial charge in [0.1, 0.15) is 5.82 Å². The quantitative estimate of drug-likeness (QED) is 0.811. The average Bonchev–Trinajstić information content (AvgIpc) is 2.01. The Morgan fingerprint density at radius 1 is 1.43 bits per heavy atom. The van der Waals surface area contributed by atoms with Gasteiger partial charge in [-0.15, -0.1) is 0 Å². The van der Waals surface area contributed by atoms with E-state index in [1.165, 1.54) is 7.11 Å². The van der Waals surface area contributed by atoms with Crippen LogP contribution in [0, 0.1) is 11.6 Å². The van der Waals surface area contributed by atoms with E-state index in [0.717, 1.165) is 12.1 Å². The highest BCUT2D eigenvalue weighted by Gasteiger charge is 2.13. The molecule has 0 aliphatic carbocycles. The van der Waals surface area contributed by atoms with Crippen LogP contribution in [-0.4, -0.2) is 18.3 Å². The molecule has 1 N–H and O–H groups in total. The summed E-state index contributed by atoms with van der Waals surface area (Å²) in [7, 11) is 1.31. The largest absolute Gasteiger partial charge is 0.493 e. The standard InChI is InChI=1S/C10H12F2O2/c1-6(13)3-7-4-8(11)5-9(12)10(7)14-2/h4-6,13H,3H2,1-2H3/t6-/m0/s1. The van der Waals surface area contributed by atoms with E-state index in [2.05, 4.69) is 0 Å². The zero-order valence-corrected chi connectivity index (χ0v) is 8.05. The number of rotatable bonds is 3. The molecule has 0 aromatic heterocycles. The maximum atomic E-state index is 13.1. The van der Waals surface area contributed by atoms with Crippen molar-refractivity contribution in [1.82, 2.24) is 0 Å². The normalized spacial score (nSPS) is 12.6. The van der Waals surface area contributed by atoms with Crippen LogP contribution in [0.25, 0.3) is 0 Å². The van der Waals surface area contributed by atoms with Crippen molar-refractivity contribution in [2.75, 3.05) is 7.11 Å². The van der Waals surface area contributed by atoms with Gasteiger partial charge >= 0.3 is 0 Å². The summed E-state index contributed by atoms with van der Waals surface area (Å²) >= 11 is 0. The van der Waals surface area contributed by atoms with Crippen molar-refractivity contribution < 1.29 is 18.6 Å². The van der Waals surface area contributed by atoms with E-state index >= 15 is 0 Å². The summed E-state index contributed by atoms with van der Waals surface area (Å²) in [6.45, 7) is 1.54. The van der Waals surface area contributed by atoms with Gasteiger partial charge in [0, 0.05) is 18.1 Å². The number of hydrogen-bond acceptors (Lipinski definition) is 2. The molecular formula is C10H12F2O2. The van der Waals surface area contributed by atoms with Gasteiger partial charge in [0.2, 0.25) is 0 Å². The number of halogens is 2. The van der Waals surface area contributed by atoms with Crippen molar-refractivity contribution in [3.05, 3.63) is 29.3 Å². The van der Waals surface area contributed by atoms with Gasteiger partial charge in [0.15, 0.2) is 11.6 Å². The van der Waals surface area contributed by atoms with Crippen molar-refractivity contribution in [3.63, 3.8) is 0 Å². The Hall–Kier alpha value is -1.16. The second kappa shape index (κ2) is 4.37. The first-order valence-corrected chi connectivity index (χ1v) is 4.24. The molecule has 14 heavy (non-hydrogen) atoms. The first-order chi connectivity index (χ1) is 6.54. The molecule has 78 valence electrons. The first-order valence-electron chi connectivity index (χ1n) is 4.24. The molecule has 0 saturated heterocycles. The second-order valence-corrected chi connectivity index (χ2v) is 3.13. The van der Waals surface area contributed by atoms with E-state index in [0.29, 0.717) is 5.56 Å². The van der Waals surface area contributed by atoms with Gasteiger partial charge in [-0.25, -0.2) is 8.78 Å². The molecular weight excluding hydrogens is 190 g/mol. The Kier molecular flexibility index (Phi) is 3.41. The number of benzene rings is 1. The van der Waals surface area contributed by atoms with Crippen LogP contribution in [0.1, 0.15) is 12.5 Å². The topological polar surface area (TPSA) is 29.5 Å². The molecule has 0 fully saturated rings. The Bertz CT molecular complexity index is 324. The van der Waals surface area contributed by atoms with E-state index < -0.39 is 17.7 Å².